The van der Waals surface area contributed by atoms with Crippen molar-refractivity contribution in [1.82, 2.24) is 0 Å². The Morgan fingerprint density at radius 2 is 2.18 bits per heavy atom. The molecular weight excluding hydrogens is 138 g/mol. The number of rotatable bonds is 3. The summed E-state index contributed by atoms with van der Waals surface area (Å²) in [5.74, 6) is 0.552. The van der Waals surface area contributed by atoms with Crippen molar-refractivity contribution in [2.45, 2.75) is 45.1 Å². The first-order chi connectivity index (χ1) is 5.08. The maximum absolute atomic E-state index is 11.6. The lowest BCUT2D eigenvalue weighted by Gasteiger charge is -2.31. The fourth-order valence-electron chi connectivity index (χ4n) is 1.31. The molecule has 1 rings (SSSR count). The normalized spacial score (nSPS) is 23.9. The summed E-state index contributed by atoms with van der Waals surface area (Å²) in [4.78, 5) is 11.6. The van der Waals surface area contributed by atoms with E-state index in [4.69, 9.17) is 5.73 Å². The summed E-state index contributed by atoms with van der Waals surface area (Å²) >= 11 is 0. The van der Waals surface area contributed by atoms with Crippen LogP contribution in [0.5, 0.6) is 0 Å². The van der Waals surface area contributed by atoms with Gasteiger partial charge in [0.15, 0.2) is 5.78 Å². The van der Waals surface area contributed by atoms with Crippen LogP contribution >= 0.6 is 0 Å². The molecule has 0 bridgehead atoms. The van der Waals surface area contributed by atoms with Gasteiger partial charge in [0, 0.05) is 5.92 Å². The fourth-order valence-corrected chi connectivity index (χ4v) is 1.31. The Hall–Kier alpha value is -0.370. The van der Waals surface area contributed by atoms with Crippen LogP contribution in [0.1, 0.15) is 39.5 Å². The van der Waals surface area contributed by atoms with Crippen LogP contribution in [0.2, 0.25) is 0 Å². The van der Waals surface area contributed by atoms with Crippen molar-refractivity contribution < 1.29 is 4.79 Å². The molecule has 1 saturated carbocycles. The van der Waals surface area contributed by atoms with E-state index in [1.807, 2.05) is 13.8 Å². The van der Waals surface area contributed by atoms with Crippen molar-refractivity contribution in [2.75, 3.05) is 0 Å². The lowest BCUT2D eigenvalue weighted by molar-refractivity contribution is -0.130. The molecule has 1 aliphatic rings. The van der Waals surface area contributed by atoms with E-state index in [-0.39, 0.29) is 11.7 Å². The molecule has 0 aromatic heterocycles. The summed E-state index contributed by atoms with van der Waals surface area (Å²) in [5, 5.41) is 0. The second kappa shape index (κ2) is 2.94. The summed E-state index contributed by atoms with van der Waals surface area (Å²) in [7, 11) is 0. The molecule has 11 heavy (non-hydrogen) atoms. The Bertz CT molecular complexity index is 159. The highest BCUT2D eigenvalue weighted by Crippen LogP contribution is 2.30. The van der Waals surface area contributed by atoms with Crippen LogP contribution in [0.3, 0.4) is 0 Å². The van der Waals surface area contributed by atoms with E-state index in [0.29, 0.717) is 0 Å². The smallest absolute Gasteiger partial charge is 0.155 e. The number of hydrogen-bond donors (Lipinski definition) is 1. The molecule has 0 amide bonds. The molecule has 2 heteroatoms. The van der Waals surface area contributed by atoms with E-state index in [0.717, 1.165) is 19.3 Å². The predicted octanol–water partition coefficient (Wildman–Crippen LogP) is 1.48. The first-order valence-electron chi connectivity index (χ1n) is 4.41. The third kappa shape index (κ3) is 1.62. The van der Waals surface area contributed by atoms with Crippen molar-refractivity contribution in [3.8, 4) is 0 Å². The fraction of sp³-hybridized carbons (Fsp3) is 0.889. The van der Waals surface area contributed by atoms with Gasteiger partial charge in [-0.3, -0.25) is 4.79 Å². The number of carbonyl (C=O) groups excluding carboxylic acids is 1. The topological polar surface area (TPSA) is 43.1 Å². The Morgan fingerprint density at radius 3 is 2.45 bits per heavy atom. The zero-order chi connectivity index (χ0) is 8.48. The number of nitrogens with two attached hydrogens (primary N) is 1. The number of ketones is 1. The molecule has 0 heterocycles. The highest BCUT2D eigenvalue weighted by Gasteiger charge is 2.35. The Balaban J connectivity index is 2.51. The largest absolute Gasteiger partial charge is 0.319 e. The zero-order valence-electron chi connectivity index (χ0n) is 7.39. The van der Waals surface area contributed by atoms with Crippen LogP contribution in [0.25, 0.3) is 0 Å². The molecule has 2 nitrogen and oxygen atoms in total. The third-order valence-corrected chi connectivity index (χ3v) is 2.77. The minimum absolute atomic E-state index is 0.270. The SMILES string of the molecule is CCC(C)(N)C(=O)C1CCC1. The second-order valence-corrected chi connectivity index (χ2v) is 3.76. The average Bonchev–Trinajstić information content (AvgIpc) is 1.84. The molecule has 1 unspecified atom stereocenters. The zero-order valence-corrected chi connectivity index (χ0v) is 7.39. The van der Waals surface area contributed by atoms with Crippen molar-refractivity contribution in [2.24, 2.45) is 11.7 Å². The van der Waals surface area contributed by atoms with Gasteiger partial charge in [0.25, 0.3) is 0 Å². The van der Waals surface area contributed by atoms with Crippen LogP contribution in [0.15, 0.2) is 0 Å². The molecule has 1 fully saturated rings. The van der Waals surface area contributed by atoms with Crippen molar-refractivity contribution >= 4 is 5.78 Å². The third-order valence-electron chi connectivity index (χ3n) is 2.77. The molecule has 1 aliphatic carbocycles. The van der Waals surface area contributed by atoms with Crippen LogP contribution in [-0.4, -0.2) is 11.3 Å². The molecule has 0 aromatic rings. The minimum atomic E-state index is -0.564. The van der Waals surface area contributed by atoms with Crippen LogP contribution in [-0.2, 0) is 4.79 Å². The van der Waals surface area contributed by atoms with Crippen LogP contribution in [0, 0.1) is 5.92 Å². The van der Waals surface area contributed by atoms with Gasteiger partial charge in [0.1, 0.15) is 0 Å². The van der Waals surface area contributed by atoms with Crippen molar-refractivity contribution in [3.63, 3.8) is 0 Å². The quantitative estimate of drug-likeness (QED) is 0.671. The lowest BCUT2D eigenvalue weighted by atomic mass is 9.75. The van der Waals surface area contributed by atoms with Gasteiger partial charge in [-0.25, -0.2) is 0 Å². The van der Waals surface area contributed by atoms with Gasteiger partial charge in [-0.05, 0) is 26.2 Å². The summed E-state index contributed by atoms with van der Waals surface area (Å²) in [6, 6.07) is 0. The maximum Gasteiger partial charge on any atom is 0.155 e. The number of hydrogen-bond acceptors (Lipinski definition) is 2. The summed E-state index contributed by atoms with van der Waals surface area (Å²) < 4.78 is 0. The Morgan fingerprint density at radius 1 is 1.64 bits per heavy atom. The summed E-state index contributed by atoms with van der Waals surface area (Å²) in [6.07, 6.45) is 4.08. The molecule has 64 valence electrons. The van der Waals surface area contributed by atoms with Gasteiger partial charge in [0.05, 0.1) is 5.54 Å². The van der Waals surface area contributed by atoms with Crippen LogP contribution in [0.4, 0.5) is 0 Å². The van der Waals surface area contributed by atoms with Crippen LogP contribution < -0.4 is 5.73 Å². The lowest BCUT2D eigenvalue weighted by Crippen LogP contribution is -2.49. The predicted molar refractivity (Wildman–Crippen MR) is 45.2 cm³/mol. The van der Waals surface area contributed by atoms with Gasteiger partial charge in [-0.2, -0.15) is 0 Å². The first kappa shape index (κ1) is 8.72. The van der Waals surface area contributed by atoms with Gasteiger partial charge in [-0.1, -0.05) is 13.3 Å². The highest BCUT2D eigenvalue weighted by molar-refractivity contribution is 5.90. The van der Waals surface area contributed by atoms with Gasteiger partial charge < -0.3 is 5.73 Å². The highest BCUT2D eigenvalue weighted by atomic mass is 16.1. The first-order valence-corrected chi connectivity index (χ1v) is 4.41. The van der Waals surface area contributed by atoms with E-state index in [9.17, 15) is 4.79 Å². The number of carbonyl (C=O) groups is 1. The molecule has 1 atom stereocenters. The monoisotopic (exact) mass is 155 g/mol. The maximum atomic E-state index is 11.6. The van der Waals surface area contributed by atoms with E-state index in [1.54, 1.807) is 0 Å². The average molecular weight is 155 g/mol. The molecule has 0 radical (unpaired) electrons. The molecule has 2 N–H and O–H groups in total. The van der Waals surface area contributed by atoms with E-state index >= 15 is 0 Å². The molecule has 0 saturated heterocycles. The Kier molecular flexibility index (Phi) is 2.33. The molecule has 0 aliphatic heterocycles. The molecular formula is C9H17NO. The minimum Gasteiger partial charge on any atom is -0.319 e. The van der Waals surface area contributed by atoms with E-state index in [2.05, 4.69) is 0 Å². The molecule has 0 aromatic carbocycles. The standard InChI is InChI=1S/C9H17NO/c1-3-9(2,10)8(11)7-5-4-6-7/h7H,3-6,10H2,1-2H3. The van der Waals surface area contributed by atoms with Crippen molar-refractivity contribution in [1.29, 1.82) is 0 Å². The van der Waals surface area contributed by atoms with Gasteiger partial charge in [0.2, 0.25) is 0 Å². The Labute approximate surface area is 68.2 Å². The number of Topliss-reactive ketones (excluding diaryl/α,β-unsaturated/α-hetero) is 1. The summed E-state index contributed by atoms with van der Waals surface area (Å²) in [6.45, 7) is 3.81. The van der Waals surface area contributed by atoms with E-state index in [1.165, 1.54) is 6.42 Å². The molecule has 0 spiro atoms. The second-order valence-electron chi connectivity index (χ2n) is 3.76. The van der Waals surface area contributed by atoms with Gasteiger partial charge in [-0.15, -0.1) is 0 Å². The van der Waals surface area contributed by atoms with Crippen molar-refractivity contribution in [3.05, 3.63) is 0 Å². The van der Waals surface area contributed by atoms with Gasteiger partial charge >= 0.3 is 0 Å². The summed E-state index contributed by atoms with van der Waals surface area (Å²) in [5.41, 5.74) is 5.26. The van der Waals surface area contributed by atoms with E-state index < -0.39 is 5.54 Å².